The second-order valence-corrected chi connectivity index (χ2v) is 17.1. The van der Waals surface area contributed by atoms with Gasteiger partial charge in [0, 0.05) is 30.7 Å². The molecule has 2 bridgehead atoms. The van der Waals surface area contributed by atoms with Crippen LogP contribution in [0, 0.1) is 17.8 Å². The smallest absolute Gasteiger partial charge is 0.328 e. The van der Waals surface area contributed by atoms with Crippen molar-refractivity contribution in [3.63, 3.8) is 0 Å². The molecule has 0 saturated heterocycles. The number of aliphatic carboxylic acids is 1. The third kappa shape index (κ3) is 11.0. The molecule has 15 nitrogen and oxygen atoms in total. The molecular weight excluding hydrogens is 769 g/mol. The molecule has 13 N–H and O–H groups in total. The van der Waals surface area contributed by atoms with E-state index in [4.69, 9.17) is 11.5 Å². The Labute approximate surface area is 350 Å². The topological polar surface area (TPSA) is 277 Å². The number of aliphatic imine (C=N–C) groups is 1. The van der Waals surface area contributed by atoms with Gasteiger partial charge in [0.1, 0.15) is 30.6 Å². The Kier molecular flexibility index (Phi) is 15.5. The molecule has 11 atom stereocenters. The molecule has 1 saturated carbocycles. The Hall–Kier alpha value is -4.64. The lowest BCUT2D eigenvalue weighted by Crippen LogP contribution is -2.56. The molecule has 0 amide bonds. The van der Waals surface area contributed by atoms with E-state index in [2.05, 4.69) is 44.9 Å². The first-order valence-electron chi connectivity index (χ1n) is 21.4. The standard InChI is InChI=1S/C45H62N6O9/c46-30(11-7-26(23-53)8-13-41(56)57)3-1-4-31-34-19-28(33-18-27-9-6-25(14-16-52)17-29(27)20-35(31)33)10-12-32(34)43(51-40-5-2-15-48-40)36(21-42(58)59)37-22-38(50-45(47)49-37)44(60)39(55)24-54/h2,5-6,9,15-18,20-21,23,26,28,30-32,34,37-39,41,43-44,48,51,54-57,60H,1,3-4,7-8,10-14,19,22,24,46H2,(H,58,59)(H3,47,49,50). The lowest BCUT2D eigenvalue weighted by atomic mass is 9.56. The number of carboxylic acids is 1. The van der Waals surface area contributed by atoms with Crippen LogP contribution in [0.15, 0.2) is 65.3 Å². The number of aliphatic hydroxyl groups excluding tert-OH is 4. The molecule has 1 aliphatic heterocycles. The van der Waals surface area contributed by atoms with Crippen molar-refractivity contribution in [2.75, 3.05) is 11.9 Å². The summed E-state index contributed by atoms with van der Waals surface area (Å²) < 4.78 is 0. The van der Waals surface area contributed by atoms with Crippen LogP contribution in [0.25, 0.3) is 10.8 Å². The minimum atomic E-state index is -1.45. The third-order valence-corrected chi connectivity index (χ3v) is 13.2. The van der Waals surface area contributed by atoms with Crippen LogP contribution in [0.2, 0.25) is 0 Å². The maximum atomic E-state index is 12.7. The molecule has 2 aliphatic carbocycles. The molecule has 15 heteroatoms. The van der Waals surface area contributed by atoms with Crippen molar-refractivity contribution < 1.29 is 45.0 Å². The van der Waals surface area contributed by atoms with Gasteiger partial charge in [0.2, 0.25) is 0 Å². The normalized spacial score (nSPS) is 25.3. The molecule has 1 fully saturated rings. The van der Waals surface area contributed by atoms with Crippen molar-refractivity contribution in [2.24, 2.45) is 34.2 Å². The van der Waals surface area contributed by atoms with E-state index in [1.807, 2.05) is 18.2 Å². The molecule has 1 aromatic heterocycles. The second-order valence-electron chi connectivity index (χ2n) is 17.1. The van der Waals surface area contributed by atoms with Crippen LogP contribution in [-0.2, 0) is 20.8 Å². The number of carbonyl (C=O) groups excluding carboxylic acids is 2. The fraction of sp³-hybridized carbons (Fsp3) is 0.556. The van der Waals surface area contributed by atoms with Crippen molar-refractivity contribution in [2.45, 2.75) is 132 Å². The van der Waals surface area contributed by atoms with Crippen molar-refractivity contribution in [3.8, 4) is 0 Å². The summed E-state index contributed by atoms with van der Waals surface area (Å²) in [5.74, 6) is -0.395. The summed E-state index contributed by atoms with van der Waals surface area (Å²) in [5, 5.41) is 68.6. The zero-order valence-electron chi connectivity index (χ0n) is 34.0. The Morgan fingerprint density at radius 3 is 2.45 bits per heavy atom. The van der Waals surface area contributed by atoms with Gasteiger partial charge in [-0.25, -0.2) is 9.79 Å². The van der Waals surface area contributed by atoms with E-state index in [0.29, 0.717) is 37.1 Å². The second kappa shape index (κ2) is 20.8. The number of H-pyrrole nitrogens is 1. The first-order valence-corrected chi connectivity index (χ1v) is 21.4. The van der Waals surface area contributed by atoms with E-state index >= 15 is 0 Å². The van der Waals surface area contributed by atoms with Gasteiger partial charge >= 0.3 is 5.97 Å². The van der Waals surface area contributed by atoms with Gasteiger partial charge in [-0.3, -0.25) is 0 Å². The monoisotopic (exact) mass is 830 g/mol. The highest BCUT2D eigenvalue weighted by atomic mass is 16.5. The number of benzene rings is 2. The van der Waals surface area contributed by atoms with Crippen LogP contribution in [0.1, 0.15) is 99.2 Å². The number of hydrogen-bond acceptors (Lipinski definition) is 13. The van der Waals surface area contributed by atoms with Gasteiger partial charge in [0.05, 0.1) is 24.7 Å². The van der Waals surface area contributed by atoms with Gasteiger partial charge in [0.15, 0.2) is 12.2 Å². The Morgan fingerprint density at radius 1 is 0.967 bits per heavy atom. The summed E-state index contributed by atoms with van der Waals surface area (Å²) >= 11 is 0. The Bertz CT molecular complexity index is 1970. The summed E-state index contributed by atoms with van der Waals surface area (Å²) in [7, 11) is 0. The van der Waals surface area contributed by atoms with Gasteiger partial charge in [-0.05, 0) is 133 Å². The zero-order chi connectivity index (χ0) is 42.9. The number of aromatic amines is 1. The molecule has 3 aromatic rings. The number of nitrogens with two attached hydrogens (primary N) is 2. The molecular formula is C45H62N6O9. The maximum absolute atomic E-state index is 12.7. The number of fused-ring (bicyclic) bond motifs is 5. The first-order chi connectivity index (χ1) is 28.9. The van der Waals surface area contributed by atoms with Gasteiger partial charge in [-0.15, -0.1) is 0 Å². The minimum absolute atomic E-state index is 0.00820. The van der Waals surface area contributed by atoms with Gasteiger partial charge in [0.25, 0.3) is 0 Å². The number of hydrogen-bond donors (Lipinski definition) is 11. The quantitative estimate of drug-likeness (QED) is 0.0395. The molecule has 326 valence electrons. The van der Waals surface area contributed by atoms with E-state index in [9.17, 15) is 45.0 Å². The van der Waals surface area contributed by atoms with Crippen LogP contribution in [0.4, 0.5) is 5.82 Å². The van der Waals surface area contributed by atoms with Crippen LogP contribution >= 0.6 is 0 Å². The number of aldehydes is 2. The number of anilines is 1. The number of nitrogens with zero attached hydrogens (tertiary/aromatic N) is 1. The highest BCUT2D eigenvalue weighted by Crippen LogP contribution is 2.56. The largest absolute Gasteiger partial charge is 0.478 e. The van der Waals surface area contributed by atoms with E-state index < -0.39 is 49.2 Å². The lowest BCUT2D eigenvalue weighted by molar-refractivity contribution is -0.131. The number of aliphatic hydroxyl groups is 5. The Morgan fingerprint density at radius 2 is 1.75 bits per heavy atom. The van der Waals surface area contributed by atoms with Crippen molar-refractivity contribution in [1.29, 1.82) is 0 Å². The zero-order valence-corrected chi connectivity index (χ0v) is 34.0. The Balaban J connectivity index is 1.36. The third-order valence-electron chi connectivity index (χ3n) is 13.2. The molecule has 0 spiro atoms. The van der Waals surface area contributed by atoms with E-state index in [-0.39, 0.29) is 54.4 Å². The number of guanidine groups is 1. The summed E-state index contributed by atoms with van der Waals surface area (Å²) in [6.07, 6.45) is 7.48. The average Bonchev–Trinajstić information content (AvgIpc) is 3.75. The minimum Gasteiger partial charge on any atom is -0.478 e. The first kappa shape index (κ1) is 44.9. The fourth-order valence-corrected chi connectivity index (χ4v) is 10.2. The predicted molar refractivity (Wildman–Crippen MR) is 228 cm³/mol. The van der Waals surface area contributed by atoms with Crippen LogP contribution in [-0.4, -0.2) is 109 Å². The van der Waals surface area contributed by atoms with E-state index in [1.165, 1.54) is 17.2 Å². The van der Waals surface area contributed by atoms with Gasteiger partial charge in [-0.2, -0.15) is 0 Å². The summed E-state index contributed by atoms with van der Waals surface area (Å²) in [5.41, 5.74) is 16.9. The molecule has 11 unspecified atom stereocenters. The number of nitrogens with one attached hydrogen (secondary N) is 3. The molecule has 0 radical (unpaired) electrons. The van der Waals surface area contributed by atoms with Crippen molar-refractivity contribution in [1.82, 2.24) is 10.3 Å². The molecule has 6 rings (SSSR count). The number of carboxylic acid groups (broad SMARTS) is 1. The van der Waals surface area contributed by atoms with Crippen LogP contribution in [0.5, 0.6) is 0 Å². The molecule has 2 aromatic carbocycles. The number of rotatable bonds is 22. The lowest BCUT2D eigenvalue weighted by Gasteiger charge is -2.50. The summed E-state index contributed by atoms with van der Waals surface area (Å²) in [6.45, 7) is -0.669. The van der Waals surface area contributed by atoms with Crippen LogP contribution < -0.4 is 22.1 Å². The van der Waals surface area contributed by atoms with E-state index in [0.717, 1.165) is 67.4 Å². The molecule has 60 heavy (non-hydrogen) atoms. The van der Waals surface area contributed by atoms with Crippen molar-refractivity contribution in [3.05, 3.63) is 77.0 Å². The van der Waals surface area contributed by atoms with Crippen molar-refractivity contribution >= 4 is 41.1 Å². The number of aromatic nitrogens is 1. The average molecular weight is 831 g/mol. The number of carbonyl (C=O) groups is 3. The summed E-state index contributed by atoms with van der Waals surface area (Å²) in [6, 6.07) is 12.2. The SMILES string of the molecule is NC1=NC(C(=CC(=O)O)C(Nc2ccc[nH]2)C2CCC3CC2C(CCCC(N)CCC(C=O)CCC(O)O)c2cc4cc(CC=O)ccc4cc23)CC(C(O)C(O)CO)N1. The van der Waals surface area contributed by atoms with Gasteiger partial charge < -0.3 is 67.3 Å². The summed E-state index contributed by atoms with van der Waals surface area (Å²) in [4.78, 5) is 43.8. The van der Waals surface area contributed by atoms with Crippen LogP contribution in [0.3, 0.4) is 0 Å². The highest BCUT2D eigenvalue weighted by Gasteiger charge is 2.47. The predicted octanol–water partition coefficient (Wildman–Crippen LogP) is 2.94. The molecule has 3 aliphatic rings. The maximum Gasteiger partial charge on any atom is 0.328 e. The van der Waals surface area contributed by atoms with Gasteiger partial charge in [-0.1, -0.05) is 36.8 Å². The highest BCUT2D eigenvalue weighted by molar-refractivity contribution is 5.86. The fourth-order valence-electron chi connectivity index (χ4n) is 10.2. The van der Waals surface area contributed by atoms with E-state index in [1.54, 1.807) is 6.20 Å². The molecule has 2 heterocycles.